The lowest BCUT2D eigenvalue weighted by Crippen LogP contribution is -2.35. The van der Waals surface area contributed by atoms with E-state index >= 15 is 0 Å². The summed E-state index contributed by atoms with van der Waals surface area (Å²) in [6, 6.07) is 12.2. The zero-order valence-electron chi connectivity index (χ0n) is 19.5. The van der Waals surface area contributed by atoms with E-state index in [-0.39, 0.29) is 17.0 Å². The van der Waals surface area contributed by atoms with Gasteiger partial charge < -0.3 is 14.5 Å². The minimum Gasteiger partial charge on any atom is -0.378 e. The smallest absolute Gasteiger partial charge is 0.264 e. The first-order valence-electron chi connectivity index (χ1n) is 11.2. The summed E-state index contributed by atoms with van der Waals surface area (Å²) in [6.45, 7) is 6.57. The van der Waals surface area contributed by atoms with Crippen molar-refractivity contribution < 1.29 is 14.2 Å². The molecular weight excluding hydrogens is 464 g/mol. The zero-order chi connectivity index (χ0) is 23.6. The maximum Gasteiger partial charge on any atom is 0.264 e. The van der Waals surface area contributed by atoms with Gasteiger partial charge in [0.25, 0.3) is 7.37 Å². The monoisotopic (exact) mass is 497 g/mol. The number of hydrogen-bond donors (Lipinski definition) is 1. The lowest BCUT2D eigenvalue weighted by molar-refractivity contribution is 0.0427. The number of nitrogens with zero attached hydrogens (tertiary/aromatic N) is 1. The summed E-state index contributed by atoms with van der Waals surface area (Å²) in [4.78, 5) is 1.97. The number of rotatable bonds is 7. The fraction of sp³-hybridized carbons (Fsp3) is 0.520. The Morgan fingerprint density at radius 1 is 1.09 bits per heavy atom. The molecule has 1 N–H and O–H groups in total. The van der Waals surface area contributed by atoms with Gasteiger partial charge in [0.05, 0.1) is 6.10 Å². The fourth-order valence-electron chi connectivity index (χ4n) is 4.55. The fourth-order valence-corrected chi connectivity index (χ4v) is 7.46. The molecule has 0 spiro atoms. The average Bonchev–Trinajstić information content (AvgIpc) is 2.73. The molecule has 0 bridgehead atoms. The van der Waals surface area contributed by atoms with Crippen molar-refractivity contribution in [2.45, 2.75) is 52.0 Å². The molecule has 3 rings (SSSR count). The number of aliphatic hydroxyl groups excluding tert-OH is 1. The van der Waals surface area contributed by atoms with Gasteiger partial charge in [0.1, 0.15) is 0 Å². The SMILES string of the molecule is CC(C)[C@@H]1CC[C@H](C)C[C@H]1O[P@@](=O)(c1ccc(N(C)C)cc1)[C@H](O)c1ccc(Cl)cc1Cl. The molecule has 0 radical (unpaired) electrons. The molecule has 2 aromatic carbocycles. The summed E-state index contributed by atoms with van der Waals surface area (Å²) in [5.41, 5.74) is 1.34. The number of aliphatic hydroxyl groups is 1. The maximum atomic E-state index is 14.6. The molecule has 7 heteroatoms. The van der Waals surface area contributed by atoms with E-state index in [1.165, 1.54) is 0 Å². The number of anilines is 1. The standard InChI is InChI=1S/C25H34Cl2NO3P/c1-16(2)21-12-6-17(3)14-24(21)31-32(30,20-10-8-19(9-11-20)28(4)5)25(29)22-13-7-18(26)15-23(22)27/h7-11,13,15-17,21,24-25,29H,6,12,14H2,1-5H3/t17-,21-,24+,25-,32-/m0/s1. The van der Waals surface area contributed by atoms with E-state index < -0.39 is 13.2 Å². The summed E-state index contributed by atoms with van der Waals surface area (Å²) in [5.74, 6) is -0.222. The van der Waals surface area contributed by atoms with Gasteiger partial charge in [0, 0.05) is 40.7 Å². The second kappa shape index (κ2) is 10.5. The van der Waals surface area contributed by atoms with Gasteiger partial charge in [-0.2, -0.15) is 0 Å². The van der Waals surface area contributed by atoms with Crippen LogP contribution < -0.4 is 10.2 Å². The van der Waals surface area contributed by atoms with E-state index in [0.717, 1.165) is 24.9 Å². The second-order valence-electron chi connectivity index (χ2n) is 9.52. The summed E-state index contributed by atoms with van der Waals surface area (Å²) in [7, 11) is 0.158. The molecule has 1 fully saturated rings. The van der Waals surface area contributed by atoms with Crippen molar-refractivity contribution in [1.29, 1.82) is 0 Å². The molecule has 0 amide bonds. The maximum absolute atomic E-state index is 14.6. The Kier molecular flexibility index (Phi) is 8.39. The van der Waals surface area contributed by atoms with Crippen molar-refractivity contribution in [3.05, 3.63) is 58.1 Å². The first-order valence-corrected chi connectivity index (χ1v) is 13.7. The van der Waals surface area contributed by atoms with Gasteiger partial charge in [-0.05, 0) is 67.0 Å². The van der Waals surface area contributed by atoms with E-state index in [4.69, 9.17) is 27.7 Å². The first-order chi connectivity index (χ1) is 15.0. The lowest BCUT2D eigenvalue weighted by Gasteiger charge is -2.40. The molecule has 1 saturated carbocycles. The Balaban J connectivity index is 2.06. The van der Waals surface area contributed by atoms with Crippen LogP contribution in [-0.4, -0.2) is 25.3 Å². The van der Waals surface area contributed by atoms with Crippen molar-refractivity contribution in [2.75, 3.05) is 19.0 Å². The molecule has 4 nitrogen and oxygen atoms in total. The molecule has 0 heterocycles. The van der Waals surface area contributed by atoms with Crippen LogP contribution in [0.3, 0.4) is 0 Å². The molecule has 1 aliphatic rings. The van der Waals surface area contributed by atoms with Crippen LogP contribution in [0.25, 0.3) is 0 Å². The van der Waals surface area contributed by atoms with Gasteiger partial charge >= 0.3 is 0 Å². The molecule has 1 aliphatic carbocycles. The van der Waals surface area contributed by atoms with E-state index in [1.807, 2.05) is 31.1 Å². The highest BCUT2D eigenvalue weighted by Crippen LogP contribution is 2.61. The van der Waals surface area contributed by atoms with Crippen LogP contribution in [0.15, 0.2) is 42.5 Å². The first kappa shape index (κ1) is 25.6. The number of hydrogen-bond acceptors (Lipinski definition) is 4. The second-order valence-corrected chi connectivity index (χ2v) is 12.8. The molecule has 2 aromatic rings. The van der Waals surface area contributed by atoms with Gasteiger partial charge in [-0.25, -0.2) is 0 Å². The highest BCUT2D eigenvalue weighted by molar-refractivity contribution is 7.67. The minimum absolute atomic E-state index is 0.196. The normalized spacial score (nSPS) is 24.2. The molecular formula is C25H34Cl2NO3P. The molecule has 32 heavy (non-hydrogen) atoms. The Morgan fingerprint density at radius 3 is 2.31 bits per heavy atom. The van der Waals surface area contributed by atoms with Crippen LogP contribution in [0, 0.1) is 17.8 Å². The Bertz CT molecular complexity index is 964. The lowest BCUT2D eigenvalue weighted by atomic mass is 9.75. The van der Waals surface area contributed by atoms with Crippen LogP contribution in [0.5, 0.6) is 0 Å². The summed E-state index contributed by atoms with van der Waals surface area (Å²) in [5, 5.41) is 12.7. The summed E-state index contributed by atoms with van der Waals surface area (Å²) < 4.78 is 21.1. The third-order valence-electron chi connectivity index (χ3n) is 6.54. The third kappa shape index (κ3) is 5.54. The topological polar surface area (TPSA) is 49.8 Å². The van der Waals surface area contributed by atoms with Crippen molar-refractivity contribution in [3.63, 3.8) is 0 Å². The third-order valence-corrected chi connectivity index (χ3v) is 9.63. The van der Waals surface area contributed by atoms with E-state index in [0.29, 0.717) is 27.7 Å². The van der Waals surface area contributed by atoms with Crippen LogP contribution in [0.2, 0.25) is 10.0 Å². The van der Waals surface area contributed by atoms with E-state index in [2.05, 4.69) is 20.8 Å². The van der Waals surface area contributed by atoms with Gasteiger partial charge in [-0.15, -0.1) is 0 Å². The Labute approximate surface area is 202 Å². The summed E-state index contributed by atoms with van der Waals surface area (Å²) >= 11 is 12.5. The van der Waals surface area contributed by atoms with Crippen LogP contribution in [0.4, 0.5) is 5.69 Å². The molecule has 0 aliphatic heterocycles. The Hall–Kier alpha value is -1.03. The van der Waals surface area contributed by atoms with Gasteiger partial charge in [-0.1, -0.05) is 56.5 Å². The highest BCUT2D eigenvalue weighted by Gasteiger charge is 2.43. The van der Waals surface area contributed by atoms with Gasteiger partial charge in [0.2, 0.25) is 0 Å². The summed E-state index contributed by atoms with van der Waals surface area (Å²) in [6.07, 6.45) is 2.79. The zero-order valence-corrected chi connectivity index (χ0v) is 21.9. The number of benzene rings is 2. The quantitative estimate of drug-likeness (QED) is 0.413. The van der Waals surface area contributed by atoms with Crippen LogP contribution in [-0.2, 0) is 9.09 Å². The largest absolute Gasteiger partial charge is 0.378 e. The van der Waals surface area contributed by atoms with Gasteiger partial charge in [-0.3, -0.25) is 4.57 Å². The molecule has 0 saturated heterocycles. The van der Waals surface area contributed by atoms with Crippen LogP contribution in [0.1, 0.15) is 51.4 Å². The molecule has 0 aromatic heterocycles. The molecule has 176 valence electrons. The molecule has 5 atom stereocenters. The van der Waals surface area contributed by atoms with Crippen LogP contribution >= 0.6 is 30.6 Å². The number of halogens is 2. The average molecular weight is 498 g/mol. The van der Waals surface area contributed by atoms with Crippen molar-refractivity contribution in [1.82, 2.24) is 0 Å². The Morgan fingerprint density at radius 2 is 1.75 bits per heavy atom. The van der Waals surface area contributed by atoms with E-state index in [9.17, 15) is 9.67 Å². The highest BCUT2D eigenvalue weighted by atomic mass is 35.5. The predicted molar refractivity (Wildman–Crippen MR) is 136 cm³/mol. The molecule has 0 unspecified atom stereocenters. The van der Waals surface area contributed by atoms with Gasteiger partial charge in [0.15, 0.2) is 5.85 Å². The predicted octanol–water partition coefficient (Wildman–Crippen LogP) is 7.13. The van der Waals surface area contributed by atoms with Crippen molar-refractivity contribution >= 4 is 41.6 Å². The van der Waals surface area contributed by atoms with E-state index in [1.54, 1.807) is 30.3 Å². The van der Waals surface area contributed by atoms with Crippen molar-refractivity contribution in [3.8, 4) is 0 Å². The minimum atomic E-state index is -3.74. The van der Waals surface area contributed by atoms with Crippen molar-refractivity contribution in [2.24, 2.45) is 17.8 Å².